The van der Waals surface area contributed by atoms with E-state index in [1.54, 1.807) is 24.3 Å². The Bertz CT molecular complexity index is 609. The van der Waals surface area contributed by atoms with E-state index < -0.39 is 5.82 Å². The van der Waals surface area contributed by atoms with Crippen LogP contribution in [0, 0.1) is 17.1 Å². The second kappa shape index (κ2) is 5.19. The van der Waals surface area contributed by atoms with Crippen LogP contribution in [0.3, 0.4) is 0 Å². The van der Waals surface area contributed by atoms with Gasteiger partial charge in [-0.15, -0.1) is 0 Å². The van der Waals surface area contributed by atoms with Crippen molar-refractivity contribution in [3.05, 3.63) is 53.7 Å². The molecule has 0 aliphatic rings. The Kier molecular flexibility index (Phi) is 3.44. The molecule has 0 bridgehead atoms. The summed E-state index contributed by atoms with van der Waals surface area (Å²) in [5.41, 5.74) is 0.804. The van der Waals surface area contributed by atoms with Gasteiger partial charge in [0.1, 0.15) is 5.76 Å². The number of allylic oxidation sites excluding steroid dienone is 1. The van der Waals surface area contributed by atoms with Crippen LogP contribution in [0.2, 0.25) is 0 Å². The van der Waals surface area contributed by atoms with E-state index >= 15 is 0 Å². The van der Waals surface area contributed by atoms with Crippen molar-refractivity contribution < 1.29 is 13.5 Å². The van der Waals surface area contributed by atoms with Crippen LogP contribution in [0.15, 0.2) is 41.0 Å². The molecule has 0 unspecified atom stereocenters. The summed E-state index contributed by atoms with van der Waals surface area (Å²) in [5, 5.41) is 9.08. The molecule has 1 heterocycles. The predicted molar refractivity (Wildman–Crippen MR) is 65.1 cm³/mol. The van der Waals surface area contributed by atoms with E-state index in [0.717, 1.165) is 0 Å². The lowest BCUT2D eigenvalue weighted by Crippen LogP contribution is -1.90. The summed E-state index contributed by atoms with van der Waals surface area (Å²) in [4.78, 5) is 0. The molecule has 0 spiro atoms. The number of nitriles is 1. The van der Waals surface area contributed by atoms with Crippen LogP contribution in [0.25, 0.3) is 11.6 Å². The van der Waals surface area contributed by atoms with Gasteiger partial charge in [0.25, 0.3) is 0 Å². The summed E-state index contributed by atoms with van der Waals surface area (Å²) in [6.45, 7) is 0. The minimum Gasteiger partial charge on any atom is -0.494 e. The largest absolute Gasteiger partial charge is 0.494 e. The maximum absolute atomic E-state index is 13.5. The smallest absolute Gasteiger partial charge is 0.165 e. The molecule has 0 N–H and O–H groups in total. The maximum Gasteiger partial charge on any atom is 0.165 e. The fourth-order valence-corrected chi connectivity index (χ4v) is 1.53. The quantitative estimate of drug-likeness (QED) is 0.775. The Morgan fingerprint density at radius 1 is 1.44 bits per heavy atom. The molecular weight excluding hydrogens is 233 g/mol. The molecule has 0 aliphatic carbocycles. The second-order valence-corrected chi connectivity index (χ2v) is 3.53. The summed E-state index contributed by atoms with van der Waals surface area (Å²) in [6, 6.07) is 9.82. The van der Waals surface area contributed by atoms with Crippen LogP contribution >= 0.6 is 0 Å². The lowest BCUT2D eigenvalue weighted by molar-refractivity contribution is 0.386. The molecule has 1 aromatic carbocycles. The number of hydrogen-bond donors (Lipinski definition) is 0. The lowest BCUT2D eigenvalue weighted by atomic mass is 10.1. The second-order valence-electron chi connectivity index (χ2n) is 3.53. The summed E-state index contributed by atoms with van der Waals surface area (Å²) in [6.07, 6.45) is 3.07. The molecule has 3 nitrogen and oxygen atoms in total. The highest BCUT2D eigenvalue weighted by Crippen LogP contribution is 2.23. The highest BCUT2D eigenvalue weighted by molar-refractivity contribution is 5.88. The Morgan fingerprint density at radius 3 is 2.83 bits per heavy atom. The molecule has 0 amide bonds. The SMILES string of the molecule is COc1ccc(/C(C#N)=C/c2ccco2)cc1F. The van der Waals surface area contributed by atoms with Gasteiger partial charge >= 0.3 is 0 Å². The third-order valence-corrected chi connectivity index (χ3v) is 2.41. The van der Waals surface area contributed by atoms with Crippen molar-refractivity contribution in [2.75, 3.05) is 7.11 Å². The first kappa shape index (κ1) is 11.9. The number of furan rings is 1. The number of rotatable bonds is 3. The lowest BCUT2D eigenvalue weighted by Gasteiger charge is -2.03. The maximum atomic E-state index is 13.5. The van der Waals surface area contributed by atoms with E-state index in [4.69, 9.17) is 14.4 Å². The van der Waals surface area contributed by atoms with Crippen LogP contribution in [0.5, 0.6) is 5.75 Å². The molecule has 18 heavy (non-hydrogen) atoms. The molecule has 2 aromatic rings. The van der Waals surface area contributed by atoms with Crippen molar-refractivity contribution >= 4 is 11.6 Å². The van der Waals surface area contributed by atoms with Crippen molar-refractivity contribution in [1.29, 1.82) is 5.26 Å². The fourth-order valence-electron chi connectivity index (χ4n) is 1.53. The molecule has 90 valence electrons. The zero-order valence-electron chi connectivity index (χ0n) is 9.68. The summed E-state index contributed by atoms with van der Waals surface area (Å²) >= 11 is 0. The summed E-state index contributed by atoms with van der Waals surface area (Å²) in [5.74, 6) is 0.187. The molecule has 4 heteroatoms. The van der Waals surface area contributed by atoms with Gasteiger partial charge in [-0.05, 0) is 42.0 Å². The van der Waals surface area contributed by atoms with Crippen molar-refractivity contribution in [1.82, 2.24) is 0 Å². The van der Waals surface area contributed by atoms with Gasteiger partial charge < -0.3 is 9.15 Å². The number of hydrogen-bond acceptors (Lipinski definition) is 3. The molecule has 0 saturated carbocycles. The van der Waals surface area contributed by atoms with Gasteiger partial charge in [-0.3, -0.25) is 0 Å². The van der Waals surface area contributed by atoms with Crippen LogP contribution < -0.4 is 4.74 Å². The normalized spacial score (nSPS) is 11.1. The first-order chi connectivity index (χ1) is 8.74. The zero-order chi connectivity index (χ0) is 13.0. The Morgan fingerprint density at radius 2 is 2.28 bits per heavy atom. The minimum absolute atomic E-state index is 0.147. The van der Waals surface area contributed by atoms with E-state index in [1.165, 1.54) is 25.5 Å². The fraction of sp³-hybridized carbons (Fsp3) is 0.0714. The van der Waals surface area contributed by atoms with E-state index in [2.05, 4.69) is 0 Å². The number of nitrogens with zero attached hydrogens (tertiary/aromatic N) is 1. The van der Waals surface area contributed by atoms with Gasteiger partial charge in [0, 0.05) is 0 Å². The zero-order valence-corrected chi connectivity index (χ0v) is 9.68. The molecule has 0 fully saturated rings. The topological polar surface area (TPSA) is 46.2 Å². The van der Waals surface area contributed by atoms with E-state index in [9.17, 15) is 4.39 Å². The summed E-state index contributed by atoms with van der Waals surface area (Å²) < 4.78 is 23.5. The van der Waals surface area contributed by atoms with Crippen LogP contribution in [0.4, 0.5) is 4.39 Å². The van der Waals surface area contributed by atoms with Gasteiger partial charge in [-0.25, -0.2) is 4.39 Å². The third kappa shape index (κ3) is 2.41. The van der Waals surface area contributed by atoms with Crippen molar-refractivity contribution in [3.8, 4) is 11.8 Å². The van der Waals surface area contributed by atoms with Gasteiger partial charge in [0.15, 0.2) is 11.6 Å². The van der Waals surface area contributed by atoms with Crippen LogP contribution in [-0.2, 0) is 0 Å². The molecule has 1 aromatic heterocycles. The van der Waals surface area contributed by atoms with E-state index in [1.807, 2.05) is 6.07 Å². The average Bonchev–Trinajstić information content (AvgIpc) is 2.88. The highest BCUT2D eigenvalue weighted by atomic mass is 19.1. The summed E-state index contributed by atoms with van der Waals surface area (Å²) in [7, 11) is 1.39. The molecule has 0 atom stereocenters. The number of ether oxygens (including phenoxy) is 1. The monoisotopic (exact) mass is 243 g/mol. The van der Waals surface area contributed by atoms with Gasteiger partial charge in [0.05, 0.1) is 25.0 Å². The molecule has 2 rings (SSSR count). The minimum atomic E-state index is -0.504. The van der Waals surface area contributed by atoms with E-state index in [-0.39, 0.29) is 5.75 Å². The van der Waals surface area contributed by atoms with Gasteiger partial charge in [0.2, 0.25) is 0 Å². The van der Waals surface area contributed by atoms with Crippen molar-refractivity contribution in [2.45, 2.75) is 0 Å². The number of halogens is 1. The number of methoxy groups -OCH3 is 1. The Balaban J connectivity index is 2.40. The standard InChI is InChI=1S/C14H10FNO2/c1-17-14-5-4-10(8-13(14)15)11(9-16)7-12-3-2-6-18-12/h2-8H,1H3/b11-7+. The van der Waals surface area contributed by atoms with Crippen LogP contribution in [-0.4, -0.2) is 7.11 Å². The first-order valence-electron chi connectivity index (χ1n) is 5.24. The number of benzene rings is 1. The van der Waals surface area contributed by atoms with Crippen molar-refractivity contribution in [3.63, 3.8) is 0 Å². The molecule has 0 radical (unpaired) electrons. The van der Waals surface area contributed by atoms with Gasteiger partial charge in [-0.1, -0.05) is 0 Å². The third-order valence-electron chi connectivity index (χ3n) is 2.41. The van der Waals surface area contributed by atoms with Crippen LogP contribution in [0.1, 0.15) is 11.3 Å². The molecular formula is C14H10FNO2. The average molecular weight is 243 g/mol. The molecule has 0 aliphatic heterocycles. The Hall–Kier alpha value is -2.54. The molecule has 0 saturated heterocycles. The Labute approximate surface area is 104 Å². The van der Waals surface area contributed by atoms with E-state index in [0.29, 0.717) is 16.9 Å². The highest BCUT2D eigenvalue weighted by Gasteiger charge is 2.07. The predicted octanol–water partition coefficient (Wildman–Crippen LogP) is 3.49. The first-order valence-corrected chi connectivity index (χ1v) is 5.24. The van der Waals surface area contributed by atoms with Gasteiger partial charge in [-0.2, -0.15) is 5.26 Å². The van der Waals surface area contributed by atoms with Crippen molar-refractivity contribution in [2.24, 2.45) is 0 Å².